The molecule has 110 valence electrons. The lowest BCUT2D eigenvalue weighted by Gasteiger charge is -2.32. The summed E-state index contributed by atoms with van der Waals surface area (Å²) in [5.41, 5.74) is 1.01. The van der Waals surface area contributed by atoms with E-state index in [-0.39, 0.29) is 29.9 Å². The van der Waals surface area contributed by atoms with Crippen LogP contribution in [0.1, 0.15) is 18.4 Å². The number of allylic oxidation sites excluding steroid dienone is 1. The van der Waals surface area contributed by atoms with Crippen molar-refractivity contribution in [3.05, 3.63) is 48.0 Å². The third-order valence-corrected chi connectivity index (χ3v) is 4.50. The molecular weight excluding hydrogens is 268 g/mol. The normalized spacial score (nSPS) is 34.2. The molecule has 0 saturated carbocycles. The van der Waals surface area contributed by atoms with Crippen molar-refractivity contribution in [3.63, 3.8) is 0 Å². The summed E-state index contributed by atoms with van der Waals surface area (Å²) in [5, 5.41) is 0. The molecule has 0 N–H and O–H groups in total. The summed E-state index contributed by atoms with van der Waals surface area (Å²) in [6.45, 7) is 1.87. The van der Waals surface area contributed by atoms with Gasteiger partial charge < -0.3 is 9.47 Å². The minimum absolute atomic E-state index is 0.0541. The summed E-state index contributed by atoms with van der Waals surface area (Å²) in [6, 6.07) is 9.72. The number of cyclic esters (lactones) is 1. The number of methoxy groups -OCH3 is 1. The number of rotatable bonds is 2. The Bertz CT molecular complexity index is 578. The lowest BCUT2D eigenvalue weighted by molar-refractivity contribution is -0.155. The molecule has 1 aromatic carbocycles. The van der Waals surface area contributed by atoms with Crippen LogP contribution in [0.5, 0.6) is 0 Å². The standard InChI is InChI=1S/C17H18O4/c1-10-12-8-9-13(11-6-4-3-5-7-11)15(16(18)20-2)14(12)17(19)21-10/h3-10,12-15H,1-2H3/t10-,12-,13+,14-,15-/m1/s1. The number of carbonyl (C=O) groups excluding carboxylic acids is 2. The summed E-state index contributed by atoms with van der Waals surface area (Å²) in [4.78, 5) is 24.4. The fourth-order valence-electron chi connectivity index (χ4n) is 3.47. The van der Waals surface area contributed by atoms with Gasteiger partial charge in [0.1, 0.15) is 6.10 Å². The quantitative estimate of drug-likeness (QED) is 0.618. The predicted octanol–water partition coefficient (Wildman–Crippen LogP) is 2.31. The second-order valence-corrected chi connectivity index (χ2v) is 5.62. The average Bonchev–Trinajstić information content (AvgIpc) is 2.81. The summed E-state index contributed by atoms with van der Waals surface area (Å²) < 4.78 is 10.3. The summed E-state index contributed by atoms with van der Waals surface area (Å²) in [5.74, 6) is -1.84. The van der Waals surface area contributed by atoms with E-state index in [2.05, 4.69) is 0 Å². The smallest absolute Gasteiger partial charge is 0.310 e. The van der Waals surface area contributed by atoms with Gasteiger partial charge in [0, 0.05) is 11.8 Å². The third-order valence-electron chi connectivity index (χ3n) is 4.50. The second-order valence-electron chi connectivity index (χ2n) is 5.62. The zero-order chi connectivity index (χ0) is 15.0. The fraction of sp³-hybridized carbons (Fsp3) is 0.412. The van der Waals surface area contributed by atoms with Gasteiger partial charge in [-0.1, -0.05) is 42.5 Å². The molecular formula is C17H18O4. The molecule has 1 aromatic rings. The molecule has 1 aliphatic carbocycles. The number of hydrogen-bond donors (Lipinski definition) is 0. The van der Waals surface area contributed by atoms with Gasteiger partial charge in [0.05, 0.1) is 18.9 Å². The van der Waals surface area contributed by atoms with Crippen LogP contribution in [0.15, 0.2) is 42.5 Å². The van der Waals surface area contributed by atoms with Crippen molar-refractivity contribution < 1.29 is 19.1 Å². The van der Waals surface area contributed by atoms with E-state index in [0.29, 0.717) is 0 Å². The molecule has 0 bridgehead atoms. The Morgan fingerprint density at radius 2 is 1.90 bits per heavy atom. The highest BCUT2D eigenvalue weighted by atomic mass is 16.6. The Balaban J connectivity index is 2.04. The zero-order valence-electron chi connectivity index (χ0n) is 12.1. The molecule has 1 aliphatic heterocycles. The van der Waals surface area contributed by atoms with Crippen molar-refractivity contribution in [2.45, 2.75) is 18.9 Å². The molecule has 1 heterocycles. The van der Waals surface area contributed by atoms with Crippen LogP contribution >= 0.6 is 0 Å². The topological polar surface area (TPSA) is 52.6 Å². The van der Waals surface area contributed by atoms with Crippen LogP contribution < -0.4 is 0 Å². The molecule has 0 radical (unpaired) electrons. The van der Waals surface area contributed by atoms with Crippen molar-refractivity contribution in [1.82, 2.24) is 0 Å². The van der Waals surface area contributed by atoms with Gasteiger partial charge >= 0.3 is 11.9 Å². The third kappa shape index (κ3) is 2.24. The Kier molecular flexibility index (Phi) is 3.53. The predicted molar refractivity (Wildman–Crippen MR) is 76.4 cm³/mol. The van der Waals surface area contributed by atoms with Gasteiger partial charge in [0.2, 0.25) is 0 Å². The second kappa shape index (κ2) is 5.35. The molecule has 4 heteroatoms. The van der Waals surface area contributed by atoms with Crippen LogP contribution in [-0.4, -0.2) is 25.2 Å². The van der Waals surface area contributed by atoms with E-state index < -0.39 is 11.8 Å². The highest BCUT2D eigenvalue weighted by Crippen LogP contribution is 2.46. The Labute approximate surface area is 123 Å². The summed E-state index contributed by atoms with van der Waals surface area (Å²) in [7, 11) is 1.36. The largest absolute Gasteiger partial charge is 0.469 e. The van der Waals surface area contributed by atoms with Gasteiger partial charge in [0.15, 0.2) is 0 Å². The monoisotopic (exact) mass is 286 g/mol. The van der Waals surface area contributed by atoms with Crippen LogP contribution in [0.2, 0.25) is 0 Å². The maximum Gasteiger partial charge on any atom is 0.310 e. The van der Waals surface area contributed by atoms with Crippen LogP contribution in [0.3, 0.4) is 0 Å². The molecule has 0 spiro atoms. The van der Waals surface area contributed by atoms with Crippen molar-refractivity contribution in [2.75, 3.05) is 7.11 Å². The van der Waals surface area contributed by atoms with Crippen LogP contribution in [0.4, 0.5) is 0 Å². The Hall–Kier alpha value is -2.10. The molecule has 2 aliphatic rings. The lowest BCUT2D eigenvalue weighted by atomic mass is 9.68. The SMILES string of the molecule is COC(=O)[C@H]1[C@@H]2C(=O)O[C@H](C)[C@H]2C=C[C@H]1c1ccccc1. The maximum atomic E-state index is 12.3. The molecule has 5 atom stereocenters. The van der Waals surface area contributed by atoms with Crippen molar-refractivity contribution in [2.24, 2.45) is 17.8 Å². The molecule has 3 rings (SSSR count). The lowest BCUT2D eigenvalue weighted by Crippen LogP contribution is -2.38. The number of hydrogen-bond acceptors (Lipinski definition) is 4. The van der Waals surface area contributed by atoms with E-state index in [1.165, 1.54) is 7.11 Å². The molecule has 21 heavy (non-hydrogen) atoms. The maximum absolute atomic E-state index is 12.3. The Morgan fingerprint density at radius 3 is 2.57 bits per heavy atom. The zero-order valence-corrected chi connectivity index (χ0v) is 12.1. The number of ether oxygens (including phenoxy) is 2. The van der Waals surface area contributed by atoms with E-state index >= 15 is 0 Å². The molecule has 0 unspecified atom stereocenters. The highest BCUT2D eigenvalue weighted by molar-refractivity contribution is 5.85. The number of esters is 2. The van der Waals surface area contributed by atoms with Crippen molar-refractivity contribution in [3.8, 4) is 0 Å². The first kappa shape index (κ1) is 13.9. The molecule has 1 fully saturated rings. The van der Waals surface area contributed by atoms with Gasteiger partial charge in [-0.25, -0.2) is 0 Å². The summed E-state index contributed by atoms with van der Waals surface area (Å²) >= 11 is 0. The van der Waals surface area contributed by atoms with E-state index in [0.717, 1.165) is 5.56 Å². The minimum Gasteiger partial charge on any atom is -0.469 e. The van der Waals surface area contributed by atoms with Crippen molar-refractivity contribution in [1.29, 1.82) is 0 Å². The van der Waals surface area contributed by atoms with Crippen LogP contribution in [-0.2, 0) is 19.1 Å². The van der Waals surface area contributed by atoms with Gasteiger partial charge in [-0.15, -0.1) is 0 Å². The molecule has 1 saturated heterocycles. The van der Waals surface area contributed by atoms with Crippen LogP contribution in [0, 0.1) is 17.8 Å². The first-order valence-corrected chi connectivity index (χ1v) is 7.15. The van der Waals surface area contributed by atoms with Gasteiger partial charge in [-0.3, -0.25) is 9.59 Å². The minimum atomic E-state index is -0.523. The number of fused-ring (bicyclic) bond motifs is 1. The van der Waals surface area contributed by atoms with Crippen molar-refractivity contribution >= 4 is 11.9 Å². The average molecular weight is 286 g/mol. The van der Waals surface area contributed by atoms with E-state index in [4.69, 9.17) is 9.47 Å². The molecule has 0 aromatic heterocycles. The molecule has 0 amide bonds. The van der Waals surface area contributed by atoms with E-state index in [1.807, 2.05) is 49.4 Å². The molecule has 4 nitrogen and oxygen atoms in total. The Morgan fingerprint density at radius 1 is 1.19 bits per heavy atom. The van der Waals surface area contributed by atoms with Gasteiger partial charge in [0.25, 0.3) is 0 Å². The number of benzene rings is 1. The van der Waals surface area contributed by atoms with Gasteiger partial charge in [-0.2, -0.15) is 0 Å². The first-order valence-electron chi connectivity index (χ1n) is 7.15. The summed E-state index contributed by atoms with van der Waals surface area (Å²) in [6.07, 6.45) is 3.83. The number of carbonyl (C=O) groups is 2. The van der Waals surface area contributed by atoms with E-state index in [1.54, 1.807) is 0 Å². The van der Waals surface area contributed by atoms with Crippen LogP contribution in [0.25, 0.3) is 0 Å². The first-order chi connectivity index (χ1) is 10.1. The highest BCUT2D eigenvalue weighted by Gasteiger charge is 2.52. The van der Waals surface area contributed by atoms with Gasteiger partial charge in [-0.05, 0) is 12.5 Å². The fourth-order valence-corrected chi connectivity index (χ4v) is 3.47. The van der Waals surface area contributed by atoms with E-state index in [9.17, 15) is 9.59 Å².